The summed E-state index contributed by atoms with van der Waals surface area (Å²) >= 11 is 0. The number of ether oxygens (including phenoxy) is 1. The fraction of sp³-hybridized carbons (Fsp3) is 0.217. The molecular weight excluding hydrogens is 380 g/mol. The van der Waals surface area contributed by atoms with Crippen molar-refractivity contribution in [3.05, 3.63) is 82.8 Å². The summed E-state index contributed by atoms with van der Waals surface area (Å²) < 4.78 is 5.59. The Morgan fingerprint density at radius 1 is 1.20 bits per heavy atom. The minimum atomic E-state index is -0.229. The first kappa shape index (κ1) is 19.6. The van der Waals surface area contributed by atoms with Gasteiger partial charge in [0.1, 0.15) is 17.3 Å². The van der Waals surface area contributed by atoms with Crippen molar-refractivity contribution in [1.82, 2.24) is 15.3 Å². The van der Waals surface area contributed by atoms with Gasteiger partial charge < -0.3 is 10.1 Å². The van der Waals surface area contributed by atoms with Crippen LogP contribution < -0.4 is 15.0 Å². The number of anilines is 1. The van der Waals surface area contributed by atoms with E-state index in [1.54, 1.807) is 37.5 Å². The quantitative estimate of drug-likeness (QED) is 0.709. The van der Waals surface area contributed by atoms with E-state index in [2.05, 4.69) is 15.3 Å². The molecule has 0 saturated heterocycles. The summed E-state index contributed by atoms with van der Waals surface area (Å²) in [4.78, 5) is 35.1. The Balaban J connectivity index is 1.64. The summed E-state index contributed by atoms with van der Waals surface area (Å²) in [6, 6.07) is 12.9. The summed E-state index contributed by atoms with van der Waals surface area (Å²) in [6.07, 6.45) is 4.63. The third-order valence-corrected chi connectivity index (χ3v) is 5.19. The van der Waals surface area contributed by atoms with Gasteiger partial charge in [-0.2, -0.15) is 0 Å². The maximum absolute atomic E-state index is 13.2. The molecule has 0 radical (unpaired) electrons. The largest absolute Gasteiger partial charge is 0.496 e. The smallest absolute Gasteiger partial charge is 0.269 e. The van der Waals surface area contributed by atoms with Crippen LogP contribution in [0.3, 0.4) is 0 Å². The number of nitrogens with zero attached hydrogens (tertiary/aromatic N) is 3. The molecule has 0 saturated carbocycles. The van der Waals surface area contributed by atoms with Crippen LogP contribution in [0.1, 0.15) is 37.5 Å². The van der Waals surface area contributed by atoms with Gasteiger partial charge in [-0.1, -0.05) is 12.1 Å². The van der Waals surface area contributed by atoms with Crippen LogP contribution in [0.2, 0.25) is 0 Å². The van der Waals surface area contributed by atoms with Crippen molar-refractivity contribution in [1.29, 1.82) is 0 Å². The van der Waals surface area contributed by atoms with E-state index in [4.69, 9.17) is 4.74 Å². The van der Waals surface area contributed by atoms with Crippen LogP contribution in [0.5, 0.6) is 5.75 Å². The number of nitrogens with one attached hydrogen (secondary N) is 1. The highest BCUT2D eigenvalue weighted by Gasteiger charge is 2.27. The molecular formula is C23H22N4O3. The van der Waals surface area contributed by atoms with Gasteiger partial charge in [0, 0.05) is 38.0 Å². The zero-order chi connectivity index (χ0) is 21.1. The van der Waals surface area contributed by atoms with Crippen molar-refractivity contribution in [2.24, 2.45) is 0 Å². The van der Waals surface area contributed by atoms with E-state index >= 15 is 0 Å². The second kappa shape index (κ2) is 8.32. The number of benzene rings is 1. The summed E-state index contributed by atoms with van der Waals surface area (Å²) in [6.45, 7) is 0.580. The molecule has 4 rings (SSSR count). The molecule has 3 heterocycles. The van der Waals surface area contributed by atoms with Gasteiger partial charge in [-0.25, -0.2) is 4.98 Å². The van der Waals surface area contributed by atoms with Crippen LogP contribution >= 0.6 is 0 Å². The van der Waals surface area contributed by atoms with Gasteiger partial charge in [0.15, 0.2) is 0 Å². The van der Waals surface area contributed by atoms with E-state index in [1.807, 2.05) is 36.4 Å². The van der Waals surface area contributed by atoms with Gasteiger partial charge >= 0.3 is 0 Å². The van der Waals surface area contributed by atoms with E-state index in [0.29, 0.717) is 30.0 Å². The van der Waals surface area contributed by atoms with E-state index in [-0.39, 0.29) is 11.8 Å². The van der Waals surface area contributed by atoms with Crippen molar-refractivity contribution in [3.8, 4) is 5.75 Å². The first-order chi connectivity index (χ1) is 14.6. The number of amides is 2. The molecule has 1 aromatic carbocycles. The predicted molar refractivity (Wildman–Crippen MR) is 113 cm³/mol. The maximum Gasteiger partial charge on any atom is 0.269 e. The monoisotopic (exact) mass is 402 g/mol. The molecule has 30 heavy (non-hydrogen) atoms. The molecule has 0 spiro atoms. The Hall–Kier alpha value is -3.74. The third kappa shape index (κ3) is 3.74. The summed E-state index contributed by atoms with van der Waals surface area (Å²) in [5, 5.41) is 2.56. The second-order valence-electron chi connectivity index (χ2n) is 7.02. The van der Waals surface area contributed by atoms with Crippen LogP contribution in [-0.4, -0.2) is 42.5 Å². The van der Waals surface area contributed by atoms with Crippen LogP contribution in [0.15, 0.2) is 54.9 Å². The molecule has 7 heteroatoms. The molecule has 0 fully saturated rings. The number of pyridine rings is 2. The fourth-order valence-electron chi connectivity index (χ4n) is 3.62. The molecule has 2 aromatic heterocycles. The molecule has 7 nitrogen and oxygen atoms in total. The van der Waals surface area contributed by atoms with Gasteiger partial charge in [-0.15, -0.1) is 0 Å². The summed E-state index contributed by atoms with van der Waals surface area (Å²) in [7, 11) is 3.20. The van der Waals surface area contributed by atoms with E-state index in [1.165, 1.54) is 0 Å². The average molecular weight is 402 g/mol. The van der Waals surface area contributed by atoms with Gasteiger partial charge in [-0.05, 0) is 53.4 Å². The third-order valence-electron chi connectivity index (χ3n) is 5.19. The minimum Gasteiger partial charge on any atom is -0.496 e. The molecule has 2 amide bonds. The topological polar surface area (TPSA) is 84.4 Å². The van der Waals surface area contributed by atoms with Crippen molar-refractivity contribution < 1.29 is 14.3 Å². The number of methoxy groups -OCH3 is 1. The normalized spacial score (nSPS) is 13.0. The number of carbonyl (C=O) groups excluding carboxylic acids is 2. The molecule has 1 N–H and O–H groups in total. The lowest BCUT2D eigenvalue weighted by molar-refractivity contribution is 0.0955. The number of fused-ring (bicyclic) bond motifs is 1. The molecule has 0 atom stereocenters. The molecule has 0 aliphatic carbocycles. The number of hydrogen-bond donors (Lipinski definition) is 1. The highest BCUT2D eigenvalue weighted by Crippen LogP contribution is 2.31. The fourth-order valence-corrected chi connectivity index (χ4v) is 3.62. The minimum absolute atomic E-state index is 0.0630. The van der Waals surface area contributed by atoms with E-state index < -0.39 is 0 Å². The van der Waals surface area contributed by atoms with Crippen molar-refractivity contribution in [3.63, 3.8) is 0 Å². The van der Waals surface area contributed by atoms with Gasteiger partial charge in [0.25, 0.3) is 11.8 Å². The highest BCUT2D eigenvalue weighted by molar-refractivity contribution is 6.08. The Bertz CT molecular complexity index is 1080. The lowest BCUT2D eigenvalue weighted by Crippen LogP contribution is -2.38. The van der Waals surface area contributed by atoms with Gasteiger partial charge in [-0.3, -0.25) is 19.5 Å². The molecule has 0 unspecified atom stereocenters. The Morgan fingerprint density at radius 3 is 2.73 bits per heavy atom. The standard InChI is InChI=1S/C23H22N4O3/c1-24-22(28)19-7-6-15(14-26-19)11-17-12-18-16(13-20(17)30-2)8-10-27(23(18)29)21-5-3-4-9-25-21/h3-7,9,12-14H,8,10-11H2,1-2H3,(H,24,28). The van der Waals surface area contributed by atoms with Crippen molar-refractivity contribution in [2.75, 3.05) is 25.6 Å². The van der Waals surface area contributed by atoms with E-state index in [0.717, 1.165) is 28.9 Å². The number of aromatic nitrogens is 2. The molecule has 1 aliphatic heterocycles. The summed E-state index contributed by atoms with van der Waals surface area (Å²) in [5.41, 5.74) is 3.81. The first-order valence-electron chi connectivity index (χ1n) is 9.70. The summed E-state index contributed by atoms with van der Waals surface area (Å²) in [5.74, 6) is 1.10. The zero-order valence-electron chi connectivity index (χ0n) is 16.9. The van der Waals surface area contributed by atoms with Crippen molar-refractivity contribution >= 4 is 17.6 Å². The number of carbonyl (C=O) groups is 2. The Labute approximate surface area is 174 Å². The van der Waals surface area contributed by atoms with Crippen LogP contribution in [0.4, 0.5) is 5.82 Å². The molecule has 152 valence electrons. The highest BCUT2D eigenvalue weighted by atomic mass is 16.5. The van der Waals surface area contributed by atoms with Crippen molar-refractivity contribution in [2.45, 2.75) is 12.8 Å². The van der Waals surface area contributed by atoms with Gasteiger partial charge in [0.2, 0.25) is 0 Å². The first-order valence-corrected chi connectivity index (χ1v) is 9.70. The molecule has 3 aromatic rings. The van der Waals surface area contributed by atoms with E-state index in [9.17, 15) is 9.59 Å². The predicted octanol–water partition coefficient (Wildman–Crippen LogP) is 2.64. The average Bonchev–Trinajstić information content (AvgIpc) is 2.80. The second-order valence-corrected chi connectivity index (χ2v) is 7.02. The SMILES string of the molecule is CNC(=O)c1ccc(Cc2cc3c(cc2OC)CCN(c2ccccn2)C3=O)cn1. The Morgan fingerprint density at radius 2 is 2.07 bits per heavy atom. The van der Waals surface area contributed by atoms with Crippen LogP contribution in [-0.2, 0) is 12.8 Å². The Kier molecular flexibility index (Phi) is 5.43. The zero-order valence-corrected chi connectivity index (χ0v) is 16.9. The van der Waals surface area contributed by atoms with Gasteiger partial charge in [0.05, 0.1) is 7.11 Å². The van der Waals surface area contributed by atoms with Crippen LogP contribution in [0.25, 0.3) is 0 Å². The number of rotatable bonds is 5. The number of hydrogen-bond acceptors (Lipinski definition) is 5. The molecule has 1 aliphatic rings. The lowest BCUT2D eigenvalue weighted by atomic mass is 9.93. The lowest BCUT2D eigenvalue weighted by Gasteiger charge is -2.28. The van der Waals surface area contributed by atoms with Crippen LogP contribution in [0, 0.1) is 0 Å². The maximum atomic E-state index is 13.2. The molecule has 0 bridgehead atoms.